The number of pyridine rings is 1. The van der Waals surface area contributed by atoms with Crippen molar-refractivity contribution in [2.75, 3.05) is 18.0 Å². The van der Waals surface area contributed by atoms with E-state index in [-0.39, 0.29) is 0 Å². The van der Waals surface area contributed by atoms with Crippen LogP contribution in [0.15, 0.2) is 12.1 Å². The molecule has 20 heavy (non-hydrogen) atoms. The number of hydrogen-bond acceptors (Lipinski definition) is 2. The molecule has 1 heterocycles. The topological polar surface area (TPSA) is 16.1 Å². The predicted octanol–water partition coefficient (Wildman–Crippen LogP) is 5.37. The van der Waals surface area contributed by atoms with Crippen molar-refractivity contribution in [1.29, 1.82) is 0 Å². The highest BCUT2D eigenvalue weighted by Gasteiger charge is 2.12. The minimum atomic E-state index is 0.356. The van der Waals surface area contributed by atoms with Gasteiger partial charge >= 0.3 is 0 Å². The first kappa shape index (κ1) is 17.6. The molecule has 0 N–H and O–H groups in total. The minimum Gasteiger partial charge on any atom is -0.357 e. The van der Waals surface area contributed by atoms with Gasteiger partial charge < -0.3 is 4.90 Å². The average Bonchev–Trinajstić information content (AvgIpc) is 2.39. The fourth-order valence-electron chi connectivity index (χ4n) is 1.91. The Hall–Kier alpha value is -0.470. The first-order valence-corrected chi connectivity index (χ1v) is 8.31. The molecular formula is C16H26Cl2N2. The summed E-state index contributed by atoms with van der Waals surface area (Å²) in [4.78, 5) is 6.96. The van der Waals surface area contributed by atoms with Crippen molar-refractivity contribution in [3.8, 4) is 0 Å². The van der Waals surface area contributed by atoms with Crippen LogP contribution in [0, 0.1) is 11.8 Å². The highest BCUT2D eigenvalue weighted by atomic mass is 35.5. The van der Waals surface area contributed by atoms with Crippen LogP contribution >= 0.6 is 23.2 Å². The third-order valence-corrected chi connectivity index (χ3v) is 3.90. The molecule has 0 amide bonds. The maximum absolute atomic E-state index is 6.09. The van der Waals surface area contributed by atoms with Crippen molar-refractivity contribution in [3.63, 3.8) is 0 Å². The van der Waals surface area contributed by atoms with E-state index in [1.165, 1.54) is 12.8 Å². The van der Waals surface area contributed by atoms with Crippen molar-refractivity contribution in [2.24, 2.45) is 11.8 Å². The second-order valence-corrected chi connectivity index (χ2v) is 6.76. The fraction of sp³-hybridized carbons (Fsp3) is 0.688. The predicted molar refractivity (Wildman–Crippen MR) is 89.9 cm³/mol. The zero-order valence-electron chi connectivity index (χ0n) is 13.0. The van der Waals surface area contributed by atoms with E-state index in [0.29, 0.717) is 22.7 Å². The number of alkyl halides is 1. The quantitative estimate of drug-likeness (QED) is 0.599. The molecular weight excluding hydrogens is 291 g/mol. The van der Waals surface area contributed by atoms with Gasteiger partial charge in [0.05, 0.1) is 16.6 Å². The van der Waals surface area contributed by atoms with Crippen LogP contribution in [0.25, 0.3) is 0 Å². The van der Waals surface area contributed by atoms with E-state index in [9.17, 15) is 0 Å². The van der Waals surface area contributed by atoms with Crippen LogP contribution in [0.4, 0.5) is 5.82 Å². The summed E-state index contributed by atoms with van der Waals surface area (Å²) in [5.41, 5.74) is 0.768. The normalized spacial score (nSPS) is 11.4. The van der Waals surface area contributed by atoms with Crippen molar-refractivity contribution >= 4 is 29.0 Å². The highest BCUT2D eigenvalue weighted by Crippen LogP contribution is 2.22. The molecule has 0 saturated heterocycles. The van der Waals surface area contributed by atoms with Gasteiger partial charge in [-0.3, -0.25) is 0 Å². The average molecular weight is 317 g/mol. The molecule has 0 fully saturated rings. The summed E-state index contributed by atoms with van der Waals surface area (Å²) in [5, 5.41) is 0.649. The van der Waals surface area contributed by atoms with Gasteiger partial charge in [0.25, 0.3) is 0 Å². The van der Waals surface area contributed by atoms with Gasteiger partial charge in [0.2, 0.25) is 0 Å². The Morgan fingerprint density at radius 1 is 1.05 bits per heavy atom. The Morgan fingerprint density at radius 3 is 2.05 bits per heavy atom. The zero-order valence-corrected chi connectivity index (χ0v) is 14.5. The lowest BCUT2D eigenvalue weighted by molar-refractivity contribution is 0.533. The lowest BCUT2D eigenvalue weighted by atomic mass is 10.1. The molecule has 114 valence electrons. The summed E-state index contributed by atoms with van der Waals surface area (Å²) in [6.07, 6.45) is 2.33. The van der Waals surface area contributed by atoms with E-state index in [1.54, 1.807) is 0 Å². The first-order chi connectivity index (χ1) is 9.43. The SMILES string of the molecule is CC(C)CCN(CCC(C)C)c1ccc(Cl)c(CCl)n1. The number of nitrogens with zero attached hydrogens (tertiary/aromatic N) is 2. The summed E-state index contributed by atoms with van der Waals surface area (Å²) in [7, 11) is 0. The molecule has 0 saturated carbocycles. The van der Waals surface area contributed by atoms with Crippen molar-refractivity contribution < 1.29 is 0 Å². The molecule has 0 radical (unpaired) electrons. The fourth-order valence-corrected chi connectivity index (χ4v) is 2.36. The largest absolute Gasteiger partial charge is 0.357 e. The Balaban J connectivity index is 2.84. The van der Waals surface area contributed by atoms with Gasteiger partial charge in [-0.05, 0) is 36.8 Å². The van der Waals surface area contributed by atoms with E-state index in [2.05, 4.69) is 37.6 Å². The number of anilines is 1. The van der Waals surface area contributed by atoms with Gasteiger partial charge in [0.1, 0.15) is 5.82 Å². The summed E-state index contributed by atoms with van der Waals surface area (Å²) in [5.74, 6) is 2.73. The number of halogens is 2. The van der Waals surface area contributed by atoms with Gasteiger partial charge in [-0.1, -0.05) is 39.3 Å². The van der Waals surface area contributed by atoms with E-state index in [0.717, 1.165) is 24.6 Å². The lowest BCUT2D eigenvalue weighted by Gasteiger charge is -2.26. The van der Waals surface area contributed by atoms with Gasteiger partial charge in [-0.15, -0.1) is 11.6 Å². The van der Waals surface area contributed by atoms with Crippen LogP contribution < -0.4 is 4.90 Å². The standard InChI is InChI=1S/C16H26Cl2N2/c1-12(2)7-9-20(10-8-13(3)4)16-6-5-14(18)15(11-17)19-16/h5-6,12-13H,7-11H2,1-4H3. The van der Waals surface area contributed by atoms with Gasteiger partial charge in [0, 0.05) is 13.1 Å². The van der Waals surface area contributed by atoms with E-state index < -0.39 is 0 Å². The molecule has 0 bridgehead atoms. The smallest absolute Gasteiger partial charge is 0.128 e. The van der Waals surface area contributed by atoms with Crippen LogP contribution in [0.3, 0.4) is 0 Å². The van der Waals surface area contributed by atoms with Crippen LogP contribution in [-0.2, 0) is 5.88 Å². The second kappa shape index (κ2) is 8.74. The van der Waals surface area contributed by atoms with Gasteiger partial charge in [0.15, 0.2) is 0 Å². The number of hydrogen-bond donors (Lipinski definition) is 0. The van der Waals surface area contributed by atoms with E-state index >= 15 is 0 Å². The molecule has 1 rings (SSSR count). The molecule has 0 spiro atoms. The Labute approximate surface area is 133 Å². The number of aromatic nitrogens is 1. The van der Waals surface area contributed by atoms with E-state index in [4.69, 9.17) is 23.2 Å². The molecule has 0 aliphatic heterocycles. The molecule has 0 aliphatic carbocycles. The minimum absolute atomic E-state index is 0.356. The highest BCUT2D eigenvalue weighted by molar-refractivity contribution is 6.32. The molecule has 0 aromatic carbocycles. The van der Waals surface area contributed by atoms with Crippen molar-refractivity contribution in [2.45, 2.75) is 46.4 Å². The maximum Gasteiger partial charge on any atom is 0.128 e. The molecule has 4 heteroatoms. The first-order valence-electron chi connectivity index (χ1n) is 7.40. The Bertz CT molecular complexity index is 393. The molecule has 0 aliphatic rings. The summed E-state index contributed by atoms with van der Waals surface area (Å²) < 4.78 is 0. The second-order valence-electron chi connectivity index (χ2n) is 6.08. The van der Waals surface area contributed by atoms with Crippen LogP contribution in [0.2, 0.25) is 5.02 Å². The maximum atomic E-state index is 6.09. The third-order valence-electron chi connectivity index (χ3n) is 3.31. The van der Waals surface area contributed by atoms with Crippen LogP contribution in [0.5, 0.6) is 0 Å². The van der Waals surface area contributed by atoms with Crippen LogP contribution in [-0.4, -0.2) is 18.1 Å². The Kier molecular flexibility index (Phi) is 7.68. The van der Waals surface area contributed by atoms with Crippen molar-refractivity contribution in [1.82, 2.24) is 4.98 Å². The molecule has 1 aromatic rings. The molecule has 1 aromatic heterocycles. The zero-order chi connectivity index (χ0) is 15.1. The molecule has 0 unspecified atom stereocenters. The molecule has 0 atom stereocenters. The Morgan fingerprint density at radius 2 is 1.60 bits per heavy atom. The van der Waals surface area contributed by atoms with Crippen LogP contribution in [0.1, 0.15) is 46.2 Å². The summed E-state index contributed by atoms with van der Waals surface area (Å²) in [6, 6.07) is 3.90. The molecule has 2 nitrogen and oxygen atoms in total. The lowest BCUT2D eigenvalue weighted by Crippen LogP contribution is -2.28. The summed E-state index contributed by atoms with van der Waals surface area (Å²) in [6.45, 7) is 11.1. The van der Waals surface area contributed by atoms with Gasteiger partial charge in [-0.2, -0.15) is 0 Å². The number of rotatable bonds is 8. The monoisotopic (exact) mass is 316 g/mol. The van der Waals surface area contributed by atoms with E-state index in [1.807, 2.05) is 12.1 Å². The third kappa shape index (κ3) is 5.88. The van der Waals surface area contributed by atoms with Crippen molar-refractivity contribution in [3.05, 3.63) is 22.8 Å². The summed E-state index contributed by atoms with van der Waals surface area (Å²) >= 11 is 12.0. The van der Waals surface area contributed by atoms with Gasteiger partial charge in [-0.25, -0.2) is 4.98 Å².